The van der Waals surface area contributed by atoms with Crippen molar-refractivity contribution in [1.82, 2.24) is 9.80 Å². The molecule has 0 saturated carbocycles. The summed E-state index contributed by atoms with van der Waals surface area (Å²) in [7, 11) is 0. The van der Waals surface area contributed by atoms with Crippen LogP contribution in [0.1, 0.15) is 27.1 Å². The number of β-amino-alcohol motifs (C(OH)–C–C–N with tert-alkyl or cyclic N) is 1. The number of carboxylic acid groups (broad SMARTS) is 1. The van der Waals surface area contributed by atoms with Gasteiger partial charge in [-0.1, -0.05) is 18.2 Å². The molecule has 2 aliphatic rings. The molecule has 0 spiro atoms. The molecule has 1 unspecified atom stereocenters. The number of likely N-dealkylation sites (tertiary alicyclic amines) is 1. The van der Waals surface area contributed by atoms with Gasteiger partial charge >= 0.3 is 6.09 Å². The number of aliphatic hydroxyl groups excluding tert-OH is 1. The molecule has 2 aliphatic heterocycles. The molecule has 7 heteroatoms. The van der Waals surface area contributed by atoms with Crippen LogP contribution in [0, 0.1) is 0 Å². The Labute approximate surface area is 132 Å². The fourth-order valence-corrected chi connectivity index (χ4v) is 2.87. The number of fused-ring (bicyclic) bond motifs is 1. The molecule has 0 aromatic heterocycles. The predicted molar refractivity (Wildman–Crippen MR) is 80.1 cm³/mol. The molecular formula is C16H16N2O5. The van der Waals surface area contributed by atoms with Crippen molar-refractivity contribution >= 4 is 17.9 Å². The molecule has 7 nitrogen and oxygen atoms in total. The van der Waals surface area contributed by atoms with Crippen LogP contribution in [0.25, 0.3) is 0 Å². The third kappa shape index (κ3) is 2.70. The van der Waals surface area contributed by atoms with Crippen molar-refractivity contribution in [2.45, 2.75) is 12.5 Å². The smallest absolute Gasteiger partial charge is 0.407 e. The van der Waals surface area contributed by atoms with Crippen LogP contribution in [-0.2, 0) is 0 Å². The van der Waals surface area contributed by atoms with Crippen LogP contribution >= 0.6 is 0 Å². The van der Waals surface area contributed by atoms with E-state index >= 15 is 0 Å². The number of amides is 3. The van der Waals surface area contributed by atoms with E-state index < -0.39 is 12.2 Å². The highest BCUT2D eigenvalue weighted by Crippen LogP contribution is 2.23. The lowest BCUT2D eigenvalue weighted by molar-refractivity contribution is 0.0669. The van der Waals surface area contributed by atoms with Crippen molar-refractivity contribution in [3.05, 3.63) is 47.0 Å². The third-order valence-corrected chi connectivity index (χ3v) is 4.18. The van der Waals surface area contributed by atoms with E-state index in [1.807, 2.05) is 0 Å². The van der Waals surface area contributed by atoms with E-state index in [-0.39, 0.29) is 24.9 Å². The molecule has 1 aromatic carbocycles. The Bertz CT molecular complexity index is 677. The molecule has 0 bridgehead atoms. The van der Waals surface area contributed by atoms with Gasteiger partial charge in [0.1, 0.15) is 0 Å². The molecule has 23 heavy (non-hydrogen) atoms. The molecule has 1 fully saturated rings. The number of carbonyl (C=O) groups excluding carboxylic acids is 2. The minimum Gasteiger partial charge on any atom is -0.465 e. The predicted octanol–water partition coefficient (Wildman–Crippen LogP) is 0.954. The number of aliphatic hydroxyl groups is 1. The van der Waals surface area contributed by atoms with Crippen molar-refractivity contribution in [3.63, 3.8) is 0 Å². The maximum Gasteiger partial charge on any atom is 0.407 e. The van der Waals surface area contributed by atoms with Crippen molar-refractivity contribution < 1.29 is 24.6 Å². The maximum atomic E-state index is 12.2. The summed E-state index contributed by atoms with van der Waals surface area (Å²) < 4.78 is 0. The molecule has 1 aromatic rings. The summed E-state index contributed by atoms with van der Waals surface area (Å²) in [6.45, 7) is 0.370. The van der Waals surface area contributed by atoms with E-state index in [1.165, 1.54) is 0 Å². The molecule has 0 aliphatic carbocycles. The van der Waals surface area contributed by atoms with E-state index in [0.717, 1.165) is 9.80 Å². The van der Waals surface area contributed by atoms with Crippen molar-refractivity contribution in [2.75, 3.05) is 19.6 Å². The van der Waals surface area contributed by atoms with Crippen LogP contribution < -0.4 is 0 Å². The Kier molecular flexibility index (Phi) is 3.87. The highest BCUT2D eigenvalue weighted by Gasteiger charge is 2.34. The number of piperidine rings is 1. The van der Waals surface area contributed by atoms with Crippen molar-refractivity contribution in [1.29, 1.82) is 0 Å². The summed E-state index contributed by atoms with van der Waals surface area (Å²) >= 11 is 0. The molecule has 2 N–H and O–H groups in total. The Hall–Kier alpha value is -2.67. The number of hydrogen-bond acceptors (Lipinski definition) is 4. The summed E-state index contributed by atoms with van der Waals surface area (Å²) in [5.74, 6) is -0.695. The highest BCUT2D eigenvalue weighted by atomic mass is 16.4. The molecule has 1 saturated heterocycles. The Morgan fingerprint density at radius 3 is 2.35 bits per heavy atom. The largest absolute Gasteiger partial charge is 0.465 e. The first-order chi connectivity index (χ1) is 11.0. The average molecular weight is 316 g/mol. The first-order valence-corrected chi connectivity index (χ1v) is 7.29. The van der Waals surface area contributed by atoms with Crippen LogP contribution in [0.2, 0.25) is 0 Å². The van der Waals surface area contributed by atoms with Crippen molar-refractivity contribution in [2.24, 2.45) is 0 Å². The van der Waals surface area contributed by atoms with Crippen LogP contribution in [0.15, 0.2) is 35.9 Å². The number of carbonyl (C=O) groups is 3. The number of rotatable bonds is 2. The second kappa shape index (κ2) is 5.85. The maximum absolute atomic E-state index is 12.2. The Morgan fingerprint density at radius 2 is 1.83 bits per heavy atom. The van der Waals surface area contributed by atoms with E-state index in [4.69, 9.17) is 5.11 Å². The van der Waals surface area contributed by atoms with Gasteiger partial charge in [-0.2, -0.15) is 0 Å². The van der Waals surface area contributed by atoms with Gasteiger partial charge in [-0.15, -0.1) is 0 Å². The number of hydrogen-bond donors (Lipinski definition) is 2. The standard InChI is InChI=1S/C16H16N2O5/c19-13-9-17(16(22)23)7-5-10(13)6-8-18-14(20)11-3-1-2-4-12(11)15(18)21/h1-4,6,13,19H,5,7-9H2,(H,22,23)/b10-6+. The Balaban J connectivity index is 1.71. The van der Waals surface area contributed by atoms with Gasteiger partial charge < -0.3 is 15.1 Å². The second-order valence-corrected chi connectivity index (χ2v) is 5.54. The average Bonchev–Trinajstić information content (AvgIpc) is 2.78. The summed E-state index contributed by atoms with van der Waals surface area (Å²) in [6, 6.07) is 6.64. The van der Waals surface area contributed by atoms with Gasteiger partial charge in [0.2, 0.25) is 0 Å². The zero-order chi connectivity index (χ0) is 16.6. The lowest BCUT2D eigenvalue weighted by Gasteiger charge is -2.30. The minimum absolute atomic E-state index is 0.00326. The highest BCUT2D eigenvalue weighted by molar-refractivity contribution is 6.21. The van der Waals surface area contributed by atoms with E-state index in [9.17, 15) is 19.5 Å². The van der Waals surface area contributed by atoms with E-state index in [2.05, 4.69) is 0 Å². The van der Waals surface area contributed by atoms with Crippen LogP contribution in [0.3, 0.4) is 0 Å². The fraction of sp³-hybridized carbons (Fsp3) is 0.312. The summed E-state index contributed by atoms with van der Waals surface area (Å²) in [5, 5.41) is 18.9. The SMILES string of the molecule is O=C(O)N1CC/C(=C\CN2C(=O)c3ccccc3C2=O)C(O)C1. The van der Waals surface area contributed by atoms with Crippen LogP contribution in [-0.4, -0.2) is 63.7 Å². The molecule has 2 heterocycles. The molecule has 120 valence electrons. The number of nitrogens with zero attached hydrogens (tertiary/aromatic N) is 2. The summed E-state index contributed by atoms with van der Waals surface area (Å²) in [6.07, 6.45) is 0.0563. The second-order valence-electron chi connectivity index (χ2n) is 5.54. The Morgan fingerprint density at radius 1 is 1.22 bits per heavy atom. The van der Waals surface area contributed by atoms with Gasteiger partial charge in [0.05, 0.1) is 23.8 Å². The lowest BCUT2D eigenvalue weighted by Crippen LogP contribution is -2.43. The number of imide groups is 1. The van der Waals surface area contributed by atoms with Gasteiger partial charge in [-0.05, 0) is 24.1 Å². The number of benzene rings is 1. The van der Waals surface area contributed by atoms with Gasteiger partial charge in [-0.25, -0.2) is 4.79 Å². The fourth-order valence-electron chi connectivity index (χ4n) is 2.87. The van der Waals surface area contributed by atoms with Crippen molar-refractivity contribution in [3.8, 4) is 0 Å². The van der Waals surface area contributed by atoms with Gasteiger partial charge in [0, 0.05) is 13.1 Å². The topological polar surface area (TPSA) is 98.2 Å². The van der Waals surface area contributed by atoms with E-state index in [1.54, 1.807) is 30.3 Å². The van der Waals surface area contributed by atoms with Crippen LogP contribution in [0.5, 0.6) is 0 Å². The molecular weight excluding hydrogens is 300 g/mol. The molecule has 3 rings (SSSR count). The van der Waals surface area contributed by atoms with E-state index in [0.29, 0.717) is 29.7 Å². The summed E-state index contributed by atoms with van der Waals surface area (Å²) in [5.41, 5.74) is 1.42. The third-order valence-electron chi connectivity index (χ3n) is 4.18. The first kappa shape index (κ1) is 15.2. The van der Waals surface area contributed by atoms with Crippen LogP contribution in [0.4, 0.5) is 4.79 Å². The quantitative estimate of drug-likeness (QED) is 0.625. The first-order valence-electron chi connectivity index (χ1n) is 7.29. The van der Waals surface area contributed by atoms with Gasteiger partial charge in [0.15, 0.2) is 0 Å². The normalized spacial score (nSPS) is 22.7. The minimum atomic E-state index is -1.07. The lowest BCUT2D eigenvalue weighted by atomic mass is 10.0. The molecule has 1 atom stereocenters. The van der Waals surface area contributed by atoms with Gasteiger partial charge in [-0.3, -0.25) is 14.5 Å². The zero-order valence-electron chi connectivity index (χ0n) is 12.3. The monoisotopic (exact) mass is 316 g/mol. The molecule has 0 radical (unpaired) electrons. The zero-order valence-corrected chi connectivity index (χ0v) is 12.3. The summed E-state index contributed by atoms with van der Waals surface area (Å²) in [4.78, 5) is 37.6. The molecule has 3 amide bonds. The van der Waals surface area contributed by atoms with Gasteiger partial charge in [0.25, 0.3) is 11.8 Å².